The van der Waals surface area contributed by atoms with Crippen molar-refractivity contribution in [1.29, 1.82) is 0 Å². The Labute approximate surface area is 73.7 Å². The highest BCUT2D eigenvalue weighted by Gasteiger charge is 2.67. The summed E-state index contributed by atoms with van der Waals surface area (Å²) in [5.41, 5.74) is -2.59. The Kier molecular flexibility index (Phi) is 1.70. The third kappa shape index (κ3) is 1.10. The highest BCUT2D eigenvalue weighted by molar-refractivity contribution is 5.07. The van der Waals surface area contributed by atoms with E-state index in [2.05, 4.69) is 0 Å². The average Bonchev–Trinajstić information content (AvgIpc) is 2.42. The van der Waals surface area contributed by atoms with Crippen molar-refractivity contribution < 1.29 is 23.0 Å². The van der Waals surface area contributed by atoms with E-state index in [1.54, 1.807) is 0 Å². The molecule has 2 heterocycles. The van der Waals surface area contributed by atoms with E-state index < -0.39 is 24.0 Å². The lowest BCUT2D eigenvalue weighted by Crippen LogP contribution is -2.53. The van der Waals surface area contributed by atoms with Crippen molar-refractivity contribution >= 4 is 0 Å². The number of alkyl halides is 3. The third-order valence-electron chi connectivity index (χ3n) is 3.10. The first kappa shape index (κ1) is 9.27. The van der Waals surface area contributed by atoms with Crippen LogP contribution in [0.3, 0.4) is 0 Å². The van der Waals surface area contributed by atoms with Crippen molar-refractivity contribution in [3.63, 3.8) is 0 Å². The molecule has 2 nitrogen and oxygen atoms in total. The Morgan fingerprint density at radius 1 is 1.46 bits per heavy atom. The van der Waals surface area contributed by atoms with Gasteiger partial charge in [-0.3, -0.25) is 0 Å². The highest BCUT2D eigenvalue weighted by Crippen LogP contribution is 2.51. The molecule has 1 N–H and O–H groups in total. The van der Waals surface area contributed by atoms with Gasteiger partial charge in [-0.25, -0.2) is 0 Å². The molecule has 13 heavy (non-hydrogen) atoms. The van der Waals surface area contributed by atoms with Crippen molar-refractivity contribution in [2.45, 2.75) is 43.8 Å². The summed E-state index contributed by atoms with van der Waals surface area (Å²) in [6.07, 6.45) is -6.03. The Morgan fingerprint density at radius 2 is 2.08 bits per heavy atom. The van der Waals surface area contributed by atoms with E-state index in [0.717, 1.165) is 0 Å². The molecule has 0 aromatic heterocycles. The lowest BCUT2D eigenvalue weighted by atomic mass is 9.79. The molecular weight excluding hydrogens is 185 g/mol. The summed E-state index contributed by atoms with van der Waals surface area (Å²) >= 11 is 0. The van der Waals surface area contributed by atoms with Gasteiger partial charge < -0.3 is 9.84 Å². The van der Waals surface area contributed by atoms with Crippen LogP contribution in [0.5, 0.6) is 0 Å². The van der Waals surface area contributed by atoms with Crippen LogP contribution in [0, 0.1) is 5.92 Å². The van der Waals surface area contributed by atoms with E-state index in [4.69, 9.17) is 4.74 Å². The van der Waals surface area contributed by atoms with Crippen LogP contribution in [0.4, 0.5) is 13.2 Å². The predicted octanol–water partition coefficient (Wildman–Crippen LogP) is 1.48. The SMILES string of the molecule is CC1CC2OC1CC2(O)C(F)(F)F. The second kappa shape index (κ2) is 2.39. The van der Waals surface area contributed by atoms with E-state index in [1.807, 2.05) is 6.92 Å². The zero-order valence-electron chi connectivity index (χ0n) is 7.14. The molecule has 0 radical (unpaired) electrons. The summed E-state index contributed by atoms with van der Waals surface area (Å²) in [4.78, 5) is 0. The molecule has 2 fully saturated rings. The van der Waals surface area contributed by atoms with Gasteiger partial charge >= 0.3 is 6.18 Å². The van der Waals surface area contributed by atoms with Gasteiger partial charge in [-0.1, -0.05) is 6.92 Å². The fourth-order valence-corrected chi connectivity index (χ4v) is 2.18. The molecule has 4 unspecified atom stereocenters. The molecule has 0 spiro atoms. The number of aliphatic hydroxyl groups is 1. The van der Waals surface area contributed by atoms with Crippen LogP contribution >= 0.6 is 0 Å². The van der Waals surface area contributed by atoms with Gasteiger partial charge in [-0.2, -0.15) is 13.2 Å². The quantitative estimate of drug-likeness (QED) is 0.635. The minimum Gasteiger partial charge on any atom is -0.378 e. The van der Waals surface area contributed by atoms with Crippen LogP contribution in [-0.2, 0) is 4.74 Å². The van der Waals surface area contributed by atoms with Gasteiger partial charge in [0.15, 0.2) is 5.60 Å². The van der Waals surface area contributed by atoms with E-state index in [1.165, 1.54) is 0 Å². The molecule has 0 aromatic carbocycles. The second-order valence-electron chi connectivity index (χ2n) is 4.00. The van der Waals surface area contributed by atoms with Gasteiger partial charge in [0.25, 0.3) is 0 Å². The van der Waals surface area contributed by atoms with Crippen molar-refractivity contribution in [3.8, 4) is 0 Å². The minimum atomic E-state index is -4.56. The average molecular weight is 196 g/mol. The largest absolute Gasteiger partial charge is 0.419 e. The van der Waals surface area contributed by atoms with E-state index in [-0.39, 0.29) is 12.3 Å². The molecule has 0 aromatic rings. The molecule has 2 saturated heterocycles. The minimum absolute atomic E-state index is 0.132. The zero-order valence-corrected chi connectivity index (χ0v) is 7.14. The third-order valence-corrected chi connectivity index (χ3v) is 3.10. The Hall–Kier alpha value is -0.290. The monoisotopic (exact) mass is 196 g/mol. The molecule has 0 amide bonds. The summed E-state index contributed by atoms with van der Waals surface area (Å²) in [5.74, 6) is 0.132. The fourth-order valence-electron chi connectivity index (χ4n) is 2.18. The topological polar surface area (TPSA) is 29.5 Å². The Morgan fingerprint density at radius 3 is 2.38 bits per heavy atom. The summed E-state index contributed by atoms with van der Waals surface area (Å²) < 4.78 is 42.3. The van der Waals surface area contributed by atoms with E-state index in [9.17, 15) is 18.3 Å². The van der Waals surface area contributed by atoms with E-state index >= 15 is 0 Å². The van der Waals surface area contributed by atoms with Gasteiger partial charge in [0.2, 0.25) is 0 Å². The normalized spacial score (nSPS) is 50.1. The first-order chi connectivity index (χ1) is 5.84. The summed E-state index contributed by atoms with van der Waals surface area (Å²) in [6.45, 7) is 1.85. The molecule has 2 aliphatic heterocycles. The molecule has 2 rings (SSSR count). The second-order valence-corrected chi connectivity index (χ2v) is 4.00. The first-order valence-corrected chi connectivity index (χ1v) is 4.29. The van der Waals surface area contributed by atoms with Crippen LogP contribution in [0.2, 0.25) is 0 Å². The van der Waals surface area contributed by atoms with Crippen LogP contribution in [0.1, 0.15) is 19.8 Å². The predicted molar refractivity (Wildman–Crippen MR) is 38.1 cm³/mol. The maximum atomic E-state index is 12.4. The Balaban J connectivity index is 2.22. The number of rotatable bonds is 0. The molecule has 0 saturated carbocycles. The van der Waals surface area contributed by atoms with Gasteiger partial charge in [-0.05, 0) is 12.3 Å². The molecule has 76 valence electrons. The summed E-state index contributed by atoms with van der Waals surface area (Å²) in [5, 5.41) is 9.39. The van der Waals surface area contributed by atoms with Crippen molar-refractivity contribution in [2.75, 3.05) is 0 Å². The van der Waals surface area contributed by atoms with Crippen LogP contribution < -0.4 is 0 Å². The lowest BCUT2D eigenvalue weighted by molar-refractivity contribution is -0.274. The van der Waals surface area contributed by atoms with Crippen molar-refractivity contribution in [1.82, 2.24) is 0 Å². The van der Waals surface area contributed by atoms with Crippen LogP contribution in [-0.4, -0.2) is 29.1 Å². The smallest absolute Gasteiger partial charge is 0.378 e. The van der Waals surface area contributed by atoms with E-state index in [0.29, 0.717) is 6.42 Å². The lowest BCUT2D eigenvalue weighted by Gasteiger charge is -2.33. The number of fused-ring (bicyclic) bond motifs is 2. The van der Waals surface area contributed by atoms with Crippen molar-refractivity contribution in [3.05, 3.63) is 0 Å². The van der Waals surface area contributed by atoms with Crippen LogP contribution in [0.25, 0.3) is 0 Å². The number of ether oxygens (including phenoxy) is 1. The van der Waals surface area contributed by atoms with Gasteiger partial charge in [0.05, 0.1) is 12.2 Å². The summed E-state index contributed by atoms with van der Waals surface area (Å²) in [6, 6.07) is 0. The first-order valence-electron chi connectivity index (χ1n) is 4.29. The Bertz CT molecular complexity index is 226. The molecule has 0 aliphatic carbocycles. The number of hydrogen-bond donors (Lipinski definition) is 1. The molecular formula is C8H11F3O2. The fraction of sp³-hybridized carbons (Fsp3) is 1.00. The van der Waals surface area contributed by atoms with Gasteiger partial charge in [0, 0.05) is 6.42 Å². The van der Waals surface area contributed by atoms with Gasteiger partial charge in [-0.15, -0.1) is 0 Å². The number of hydrogen-bond acceptors (Lipinski definition) is 2. The van der Waals surface area contributed by atoms with Gasteiger partial charge in [0.1, 0.15) is 0 Å². The molecule has 5 heteroatoms. The number of halogens is 3. The zero-order chi connectivity index (χ0) is 9.85. The molecule has 2 bridgehead atoms. The summed E-state index contributed by atoms with van der Waals surface area (Å²) in [7, 11) is 0. The molecule has 4 atom stereocenters. The van der Waals surface area contributed by atoms with Crippen LogP contribution in [0.15, 0.2) is 0 Å². The molecule has 2 aliphatic rings. The van der Waals surface area contributed by atoms with Crippen molar-refractivity contribution in [2.24, 2.45) is 5.92 Å². The highest BCUT2D eigenvalue weighted by atomic mass is 19.4. The maximum absolute atomic E-state index is 12.4. The standard InChI is InChI=1S/C8H11F3O2/c1-4-2-6-7(12,8(9,10)11)3-5(4)13-6/h4-6,12H,2-3H2,1H3. The maximum Gasteiger partial charge on any atom is 0.419 e.